The standard InChI is InChI=1S/C26H32N2O5/c1-19-3-9-22(10-4-19)33-18-15-27-26(13-16-32-17-14-26)24(30)28-25(11-12-25)21-7-5-20(6-8-21)23(29)31-2/h3-10,27H,11-18H2,1-2H3,(H,28,30). The van der Waals surface area contributed by atoms with Crippen LogP contribution in [0.2, 0.25) is 0 Å². The number of amides is 1. The molecule has 0 radical (unpaired) electrons. The molecule has 2 aliphatic rings. The zero-order valence-electron chi connectivity index (χ0n) is 19.3. The summed E-state index contributed by atoms with van der Waals surface area (Å²) in [7, 11) is 1.37. The second kappa shape index (κ2) is 9.93. The molecule has 1 heterocycles. The van der Waals surface area contributed by atoms with Gasteiger partial charge in [0, 0.05) is 19.8 Å². The Morgan fingerprint density at radius 2 is 1.64 bits per heavy atom. The molecule has 2 fully saturated rings. The zero-order chi connectivity index (χ0) is 23.3. The van der Waals surface area contributed by atoms with Gasteiger partial charge in [0.1, 0.15) is 17.9 Å². The predicted molar refractivity (Wildman–Crippen MR) is 124 cm³/mol. The molecule has 2 aromatic carbocycles. The number of esters is 1. The normalized spacial score (nSPS) is 18.2. The van der Waals surface area contributed by atoms with Crippen molar-refractivity contribution in [2.24, 2.45) is 0 Å². The molecule has 0 atom stereocenters. The van der Waals surface area contributed by atoms with Crippen LogP contribution >= 0.6 is 0 Å². The zero-order valence-corrected chi connectivity index (χ0v) is 19.3. The summed E-state index contributed by atoms with van der Waals surface area (Å²) >= 11 is 0. The first-order valence-electron chi connectivity index (χ1n) is 11.5. The lowest BCUT2D eigenvalue weighted by Gasteiger charge is -2.38. The van der Waals surface area contributed by atoms with Crippen molar-refractivity contribution in [3.8, 4) is 5.75 Å². The monoisotopic (exact) mass is 452 g/mol. The number of ether oxygens (including phenoxy) is 3. The summed E-state index contributed by atoms with van der Waals surface area (Å²) in [4.78, 5) is 25.3. The van der Waals surface area contributed by atoms with E-state index >= 15 is 0 Å². The maximum Gasteiger partial charge on any atom is 0.337 e. The molecule has 1 aliphatic carbocycles. The minimum absolute atomic E-state index is 0.00400. The molecule has 33 heavy (non-hydrogen) atoms. The molecule has 0 spiro atoms. The summed E-state index contributed by atoms with van der Waals surface area (Å²) in [5.41, 5.74) is 1.63. The van der Waals surface area contributed by atoms with Crippen molar-refractivity contribution in [2.75, 3.05) is 33.5 Å². The summed E-state index contributed by atoms with van der Waals surface area (Å²) in [5, 5.41) is 6.78. The van der Waals surface area contributed by atoms with Gasteiger partial charge in [-0.1, -0.05) is 29.8 Å². The van der Waals surface area contributed by atoms with E-state index < -0.39 is 5.54 Å². The lowest BCUT2D eigenvalue weighted by molar-refractivity contribution is -0.133. The van der Waals surface area contributed by atoms with Crippen LogP contribution in [0.25, 0.3) is 0 Å². The van der Waals surface area contributed by atoms with Crippen LogP contribution in [0.3, 0.4) is 0 Å². The van der Waals surface area contributed by atoms with E-state index in [1.54, 1.807) is 12.1 Å². The van der Waals surface area contributed by atoms with E-state index in [9.17, 15) is 9.59 Å². The van der Waals surface area contributed by atoms with Gasteiger partial charge < -0.3 is 19.5 Å². The van der Waals surface area contributed by atoms with Gasteiger partial charge in [-0.3, -0.25) is 10.1 Å². The number of rotatable bonds is 9. The number of carbonyl (C=O) groups excluding carboxylic acids is 2. The third-order valence-electron chi connectivity index (χ3n) is 6.60. The average Bonchev–Trinajstić information content (AvgIpc) is 3.63. The van der Waals surface area contributed by atoms with E-state index in [1.165, 1.54) is 12.7 Å². The molecule has 2 N–H and O–H groups in total. The number of hydrogen-bond donors (Lipinski definition) is 2. The molecule has 2 aromatic rings. The van der Waals surface area contributed by atoms with Crippen molar-refractivity contribution >= 4 is 11.9 Å². The topological polar surface area (TPSA) is 85.9 Å². The van der Waals surface area contributed by atoms with Gasteiger partial charge in [0.15, 0.2) is 0 Å². The highest BCUT2D eigenvalue weighted by Crippen LogP contribution is 2.46. The summed E-state index contributed by atoms with van der Waals surface area (Å²) in [6.07, 6.45) is 2.97. The van der Waals surface area contributed by atoms with E-state index in [0.717, 1.165) is 24.2 Å². The second-order valence-corrected chi connectivity index (χ2v) is 8.89. The van der Waals surface area contributed by atoms with Crippen molar-refractivity contribution in [3.05, 3.63) is 65.2 Å². The van der Waals surface area contributed by atoms with E-state index in [2.05, 4.69) is 10.6 Å². The van der Waals surface area contributed by atoms with Crippen LogP contribution in [0.1, 0.15) is 47.2 Å². The van der Waals surface area contributed by atoms with E-state index in [4.69, 9.17) is 14.2 Å². The van der Waals surface area contributed by atoms with Crippen LogP contribution in [0.4, 0.5) is 0 Å². The highest BCUT2D eigenvalue weighted by molar-refractivity contribution is 5.89. The van der Waals surface area contributed by atoms with Gasteiger partial charge in [0.05, 0.1) is 18.2 Å². The SMILES string of the molecule is COC(=O)c1ccc(C2(NC(=O)C3(NCCOc4ccc(C)cc4)CCOCC3)CC2)cc1. The van der Waals surface area contributed by atoms with Gasteiger partial charge in [0.2, 0.25) is 5.91 Å². The number of hydrogen-bond acceptors (Lipinski definition) is 6. The van der Waals surface area contributed by atoms with Crippen molar-refractivity contribution in [3.63, 3.8) is 0 Å². The molecule has 1 aliphatic heterocycles. The number of nitrogens with one attached hydrogen (secondary N) is 2. The maximum atomic E-state index is 13.5. The fourth-order valence-electron chi connectivity index (χ4n) is 4.29. The highest BCUT2D eigenvalue weighted by Gasteiger charge is 2.50. The van der Waals surface area contributed by atoms with Gasteiger partial charge in [-0.15, -0.1) is 0 Å². The maximum absolute atomic E-state index is 13.5. The lowest BCUT2D eigenvalue weighted by atomic mass is 9.88. The first kappa shape index (κ1) is 23.3. The number of methoxy groups -OCH3 is 1. The number of benzene rings is 2. The Balaban J connectivity index is 1.38. The smallest absolute Gasteiger partial charge is 0.337 e. The second-order valence-electron chi connectivity index (χ2n) is 8.89. The fourth-order valence-corrected chi connectivity index (χ4v) is 4.29. The Bertz CT molecular complexity index is 961. The third kappa shape index (κ3) is 5.37. The molecule has 7 nitrogen and oxygen atoms in total. The largest absolute Gasteiger partial charge is 0.492 e. The Morgan fingerprint density at radius 1 is 0.970 bits per heavy atom. The van der Waals surface area contributed by atoms with Gasteiger partial charge in [-0.2, -0.15) is 0 Å². The molecule has 7 heteroatoms. The van der Waals surface area contributed by atoms with Crippen LogP contribution in [-0.2, 0) is 19.8 Å². The highest BCUT2D eigenvalue weighted by atomic mass is 16.5. The van der Waals surface area contributed by atoms with Crippen molar-refractivity contribution in [1.82, 2.24) is 10.6 Å². The molecular formula is C26H32N2O5. The molecule has 0 unspecified atom stereocenters. The van der Waals surface area contributed by atoms with Gasteiger partial charge >= 0.3 is 5.97 Å². The Labute approximate surface area is 194 Å². The Kier molecular flexibility index (Phi) is 7.00. The van der Waals surface area contributed by atoms with Crippen LogP contribution in [0, 0.1) is 6.92 Å². The van der Waals surface area contributed by atoms with Crippen LogP contribution in [0.15, 0.2) is 48.5 Å². The van der Waals surface area contributed by atoms with E-state index in [0.29, 0.717) is 44.8 Å². The lowest BCUT2D eigenvalue weighted by Crippen LogP contribution is -2.61. The van der Waals surface area contributed by atoms with Crippen molar-refractivity contribution in [1.29, 1.82) is 0 Å². The number of aryl methyl sites for hydroxylation is 1. The molecular weight excluding hydrogens is 420 g/mol. The third-order valence-corrected chi connectivity index (χ3v) is 6.60. The minimum Gasteiger partial charge on any atom is -0.492 e. The van der Waals surface area contributed by atoms with Gasteiger partial charge in [-0.05, 0) is 62.4 Å². The van der Waals surface area contributed by atoms with Crippen LogP contribution in [-0.4, -0.2) is 50.9 Å². The Hall–Kier alpha value is -2.90. The molecule has 1 saturated carbocycles. The summed E-state index contributed by atoms with van der Waals surface area (Å²) in [6.45, 7) is 4.15. The molecule has 0 bridgehead atoms. The quantitative estimate of drug-likeness (QED) is 0.449. The van der Waals surface area contributed by atoms with Crippen LogP contribution < -0.4 is 15.4 Å². The molecule has 4 rings (SSSR count). The summed E-state index contributed by atoms with van der Waals surface area (Å²) in [5.74, 6) is 0.449. The van der Waals surface area contributed by atoms with Crippen LogP contribution in [0.5, 0.6) is 5.75 Å². The van der Waals surface area contributed by atoms with E-state index in [1.807, 2.05) is 43.3 Å². The first-order valence-corrected chi connectivity index (χ1v) is 11.5. The summed E-state index contributed by atoms with van der Waals surface area (Å²) in [6, 6.07) is 15.2. The molecule has 1 saturated heterocycles. The summed E-state index contributed by atoms with van der Waals surface area (Å²) < 4.78 is 16.2. The fraction of sp³-hybridized carbons (Fsp3) is 0.462. The van der Waals surface area contributed by atoms with Gasteiger partial charge in [-0.25, -0.2) is 4.79 Å². The first-order chi connectivity index (χ1) is 16.0. The van der Waals surface area contributed by atoms with Gasteiger partial charge in [0.25, 0.3) is 0 Å². The molecule has 176 valence electrons. The van der Waals surface area contributed by atoms with Crippen molar-refractivity contribution < 1.29 is 23.8 Å². The number of carbonyl (C=O) groups is 2. The molecule has 0 aromatic heterocycles. The molecule has 1 amide bonds. The average molecular weight is 453 g/mol. The van der Waals surface area contributed by atoms with Crippen molar-refractivity contribution in [2.45, 2.75) is 43.7 Å². The Morgan fingerprint density at radius 3 is 2.24 bits per heavy atom. The minimum atomic E-state index is -0.684. The van der Waals surface area contributed by atoms with E-state index in [-0.39, 0.29) is 17.4 Å². The predicted octanol–water partition coefficient (Wildman–Crippen LogP) is 3.10.